The smallest absolute Gasteiger partial charge is 0.290 e. The van der Waals surface area contributed by atoms with E-state index in [4.69, 9.17) is 14.6 Å². The van der Waals surface area contributed by atoms with Crippen molar-refractivity contribution in [1.82, 2.24) is 5.32 Å². The first-order chi connectivity index (χ1) is 16.0. The number of thioether (sulfide) groups is 1. The Morgan fingerprint density at radius 1 is 0.970 bits per heavy atom. The van der Waals surface area contributed by atoms with Gasteiger partial charge in [0, 0.05) is 0 Å². The van der Waals surface area contributed by atoms with Crippen LogP contribution in [0.4, 0.5) is 4.79 Å². The molecule has 33 heavy (non-hydrogen) atoms. The van der Waals surface area contributed by atoms with Gasteiger partial charge in [-0.15, -0.1) is 0 Å². The predicted octanol–water partition coefficient (Wildman–Crippen LogP) is 4.94. The number of aliphatic hydroxyl groups is 1. The maximum Gasteiger partial charge on any atom is 0.290 e. The number of hydrogen-bond donors (Lipinski definition) is 2. The summed E-state index contributed by atoms with van der Waals surface area (Å²) in [6, 6.07) is 21.4. The van der Waals surface area contributed by atoms with Crippen molar-refractivity contribution in [3.05, 3.63) is 88.3 Å². The summed E-state index contributed by atoms with van der Waals surface area (Å²) in [7, 11) is 0. The molecule has 168 valence electrons. The fourth-order valence-corrected chi connectivity index (χ4v) is 4.12. The highest BCUT2D eigenvalue weighted by Crippen LogP contribution is 2.29. The number of nitrogens with one attached hydrogen (secondary N) is 1. The molecule has 6 nitrogen and oxygen atoms in total. The van der Waals surface area contributed by atoms with Crippen LogP contribution in [0.3, 0.4) is 0 Å². The minimum absolute atomic E-state index is 0.0134. The van der Waals surface area contributed by atoms with Crippen molar-refractivity contribution < 1.29 is 24.2 Å². The van der Waals surface area contributed by atoms with E-state index in [1.165, 1.54) is 0 Å². The first kappa shape index (κ1) is 22.6. The lowest BCUT2D eigenvalue weighted by atomic mass is 9.99. The molecule has 1 aliphatic rings. The molecule has 1 heterocycles. The Morgan fingerprint density at radius 2 is 1.76 bits per heavy atom. The molecular weight excluding hydrogens is 438 g/mol. The fourth-order valence-electron chi connectivity index (χ4n) is 3.44. The van der Waals surface area contributed by atoms with Crippen LogP contribution in [0.15, 0.2) is 71.6 Å². The van der Waals surface area contributed by atoms with E-state index in [0.29, 0.717) is 17.3 Å². The molecule has 1 aliphatic heterocycles. The van der Waals surface area contributed by atoms with Gasteiger partial charge in [0.15, 0.2) is 0 Å². The van der Waals surface area contributed by atoms with Gasteiger partial charge >= 0.3 is 0 Å². The van der Waals surface area contributed by atoms with Crippen molar-refractivity contribution in [1.29, 1.82) is 0 Å². The SMILES string of the molecule is Cc1cc(OCCO)ccc1-c1cccc(COc2ccc(/C=C3\SC(=O)NC3=O)cc2)c1. The minimum Gasteiger partial charge on any atom is -0.491 e. The van der Waals surface area contributed by atoms with Crippen molar-refractivity contribution in [3.8, 4) is 22.6 Å². The second-order valence-electron chi connectivity index (χ2n) is 7.46. The molecule has 7 heteroatoms. The summed E-state index contributed by atoms with van der Waals surface area (Å²) in [5, 5.41) is 10.8. The standard InChI is InChI=1S/C26H23NO5S/c1-17-13-22(31-12-11-28)9-10-23(17)20-4-2-3-19(14-20)16-32-21-7-5-18(6-8-21)15-24-25(29)27-26(30)33-24/h2-10,13-15,28H,11-12,16H2,1H3,(H,27,29,30)/b24-15-. The topological polar surface area (TPSA) is 84.9 Å². The van der Waals surface area contributed by atoms with Gasteiger partial charge in [-0.3, -0.25) is 14.9 Å². The lowest BCUT2D eigenvalue weighted by Crippen LogP contribution is -2.17. The van der Waals surface area contributed by atoms with E-state index in [1.807, 2.05) is 61.5 Å². The molecule has 4 rings (SSSR count). The maximum atomic E-state index is 11.7. The number of aliphatic hydroxyl groups excluding tert-OH is 1. The Hall–Kier alpha value is -3.55. The zero-order valence-electron chi connectivity index (χ0n) is 18.0. The number of rotatable bonds is 8. The van der Waals surface area contributed by atoms with Gasteiger partial charge in [0.05, 0.1) is 11.5 Å². The second-order valence-corrected chi connectivity index (χ2v) is 8.47. The molecule has 1 saturated heterocycles. The van der Waals surface area contributed by atoms with Crippen LogP contribution in [-0.4, -0.2) is 29.5 Å². The van der Waals surface area contributed by atoms with Gasteiger partial charge in [-0.25, -0.2) is 0 Å². The first-order valence-corrected chi connectivity index (χ1v) is 11.2. The number of ether oxygens (including phenoxy) is 2. The Bertz CT molecular complexity index is 1200. The Balaban J connectivity index is 1.41. The molecule has 0 radical (unpaired) electrons. The highest BCUT2D eigenvalue weighted by Gasteiger charge is 2.24. The van der Waals surface area contributed by atoms with Crippen LogP contribution < -0.4 is 14.8 Å². The third kappa shape index (κ3) is 5.83. The second kappa shape index (κ2) is 10.4. The number of carbonyl (C=O) groups is 2. The predicted molar refractivity (Wildman–Crippen MR) is 129 cm³/mol. The van der Waals surface area contributed by atoms with Crippen molar-refractivity contribution in [2.24, 2.45) is 0 Å². The Kier molecular flexibility index (Phi) is 7.12. The Labute approximate surface area is 196 Å². The number of amides is 2. The highest BCUT2D eigenvalue weighted by molar-refractivity contribution is 8.18. The van der Waals surface area contributed by atoms with Gasteiger partial charge in [-0.1, -0.05) is 36.4 Å². The zero-order chi connectivity index (χ0) is 23.2. The van der Waals surface area contributed by atoms with E-state index in [2.05, 4.69) is 17.4 Å². The van der Waals surface area contributed by atoms with Crippen molar-refractivity contribution >= 4 is 29.0 Å². The van der Waals surface area contributed by atoms with E-state index in [-0.39, 0.29) is 24.4 Å². The molecule has 0 bridgehead atoms. The summed E-state index contributed by atoms with van der Waals surface area (Å²) in [5.74, 6) is 1.08. The number of imide groups is 1. The third-order valence-corrected chi connectivity index (χ3v) is 5.83. The van der Waals surface area contributed by atoms with Crippen LogP contribution in [-0.2, 0) is 11.4 Å². The molecular formula is C26H23NO5S. The molecule has 0 atom stereocenters. The molecule has 2 N–H and O–H groups in total. The summed E-state index contributed by atoms with van der Waals surface area (Å²) in [6.07, 6.45) is 1.68. The van der Waals surface area contributed by atoms with E-state index in [0.717, 1.165) is 45.3 Å². The van der Waals surface area contributed by atoms with Crippen molar-refractivity contribution in [3.63, 3.8) is 0 Å². The van der Waals surface area contributed by atoms with Gasteiger partial charge in [0.25, 0.3) is 11.1 Å². The van der Waals surface area contributed by atoms with Gasteiger partial charge in [0.2, 0.25) is 0 Å². The van der Waals surface area contributed by atoms with Gasteiger partial charge in [-0.05, 0) is 82.9 Å². The van der Waals surface area contributed by atoms with Gasteiger partial charge in [0.1, 0.15) is 24.7 Å². The van der Waals surface area contributed by atoms with E-state index in [9.17, 15) is 9.59 Å². The quantitative estimate of drug-likeness (QED) is 0.463. The van der Waals surface area contributed by atoms with Crippen LogP contribution in [0.25, 0.3) is 17.2 Å². The molecule has 3 aromatic carbocycles. The maximum absolute atomic E-state index is 11.7. The monoisotopic (exact) mass is 461 g/mol. The fraction of sp³-hybridized carbons (Fsp3) is 0.154. The van der Waals surface area contributed by atoms with Crippen LogP contribution in [0.2, 0.25) is 0 Å². The lowest BCUT2D eigenvalue weighted by Gasteiger charge is -2.12. The number of carbonyl (C=O) groups excluding carboxylic acids is 2. The first-order valence-electron chi connectivity index (χ1n) is 10.4. The number of aryl methyl sites for hydroxylation is 1. The van der Waals surface area contributed by atoms with Gasteiger partial charge in [-0.2, -0.15) is 0 Å². The van der Waals surface area contributed by atoms with Crippen LogP contribution in [0.1, 0.15) is 16.7 Å². The van der Waals surface area contributed by atoms with Crippen LogP contribution in [0.5, 0.6) is 11.5 Å². The Morgan fingerprint density at radius 3 is 2.45 bits per heavy atom. The lowest BCUT2D eigenvalue weighted by molar-refractivity contribution is -0.115. The van der Waals surface area contributed by atoms with Crippen molar-refractivity contribution in [2.45, 2.75) is 13.5 Å². The average Bonchev–Trinajstić information content (AvgIpc) is 3.13. The largest absolute Gasteiger partial charge is 0.491 e. The summed E-state index contributed by atoms with van der Waals surface area (Å²) < 4.78 is 11.4. The van der Waals surface area contributed by atoms with Crippen LogP contribution >= 0.6 is 11.8 Å². The van der Waals surface area contributed by atoms with E-state index < -0.39 is 0 Å². The molecule has 0 unspecified atom stereocenters. The van der Waals surface area contributed by atoms with E-state index in [1.54, 1.807) is 6.08 Å². The summed E-state index contributed by atoms with van der Waals surface area (Å²) >= 11 is 0.898. The molecule has 0 saturated carbocycles. The van der Waals surface area contributed by atoms with Crippen LogP contribution in [0, 0.1) is 6.92 Å². The number of hydrogen-bond acceptors (Lipinski definition) is 6. The highest BCUT2D eigenvalue weighted by atomic mass is 32.2. The normalized spacial score (nSPS) is 14.4. The van der Waals surface area contributed by atoms with Gasteiger partial charge < -0.3 is 14.6 Å². The minimum atomic E-state index is -0.368. The average molecular weight is 462 g/mol. The van der Waals surface area contributed by atoms with Crippen molar-refractivity contribution in [2.75, 3.05) is 13.2 Å². The molecule has 0 aromatic heterocycles. The number of benzene rings is 3. The molecule has 0 spiro atoms. The zero-order valence-corrected chi connectivity index (χ0v) is 18.9. The molecule has 2 amide bonds. The third-order valence-electron chi connectivity index (χ3n) is 5.02. The molecule has 3 aromatic rings. The summed E-state index contributed by atoms with van der Waals surface area (Å²) in [6.45, 7) is 2.71. The molecule has 1 fully saturated rings. The molecule has 0 aliphatic carbocycles. The summed E-state index contributed by atoms with van der Waals surface area (Å²) in [4.78, 5) is 23.3. The summed E-state index contributed by atoms with van der Waals surface area (Å²) in [5.41, 5.74) is 5.14. The van der Waals surface area contributed by atoms with E-state index >= 15 is 0 Å².